The average molecular weight is 360 g/mol. The maximum atomic E-state index is 12.8. The van der Waals surface area contributed by atoms with E-state index in [0.29, 0.717) is 23.0 Å². The molecule has 26 heavy (non-hydrogen) atoms. The van der Waals surface area contributed by atoms with E-state index in [-0.39, 0.29) is 45.6 Å². The molecule has 8 unspecified atom stereocenters. The van der Waals surface area contributed by atoms with Crippen LogP contribution in [0.15, 0.2) is 9.21 Å². The van der Waals surface area contributed by atoms with Crippen LogP contribution in [0.3, 0.4) is 0 Å². The number of fused-ring (bicyclic) bond motifs is 6. The molecule has 0 amide bonds. The lowest BCUT2D eigenvalue weighted by atomic mass is 9.33. The fourth-order valence-electron chi connectivity index (χ4n) is 7.34. The number of methoxy groups -OCH3 is 1. The first-order chi connectivity index (χ1) is 12.0. The predicted octanol–water partition coefficient (Wildman–Crippen LogP) is 3.12. The molecule has 0 spiro atoms. The van der Waals surface area contributed by atoms with Crippen LogP contribution >= 0.6 is 0 Å². The first-order valence-corrected chi connectivity index (χ1v) is 9.53. The van der Waals surface area contributed by atoms with E-state index in [9.17, 15) is 4.79 Å². The van der Waals surface area contributed by atoms with E-state index in [1.807, 2.05) is 6.92 Å². The number of hydrogen-bond acceptors (Lipinski definition) is 5. The molecule has 0 aromatic carbocycles. The summed E-state index contributed by atoms with van der Waals surface area (Å²) in [6, 6.07) is 0. The molecule has 0 bridgehead atoms. The minimum Gasteiger partial charge on any atom is -0.468 e. The molecular formula is C21H28O5. The largest absolute Gasteiger partial charge is 0.468 e. The lowest BCUT2D eigenvalue weighted by Crippen LogP contribution is -2.73. The Morgan fingerprint density at radius 1 is 0.962 bits per heavy atom. The second-order valence-corrected chi connectivity index (χ2v) is 9.67. The third-order valence-corrected chi connectivity index (χ3v) is 8.58. The van der Waals surface area contributed by atoms with E-state index in [1.54, 1.807) is 14.0 Å². The summed E-state index contributed by atoms with van der Waals surface area (Å²) >= 11 is 0. The zero-order valence-corrected chi connectivity index (χ0v) is 16.9. The fourth-order valence-corrected chi connectivity index (χ4v) is 7.34. The average Bonchev–Trinajstić information content (AvgIpc) is 3.48. The van der Waals surface area contributed by atoms with Gasteiger partial charge < -0.3 is 18.6 Å². The second-order valence-electron chi connectivity index (χ2n) is 9.67. The van der Waals surface area contributed by atoms with Crippen molar-refractivity contribution in [2.24, 2.45) is 17.3 Å². The molecule has 3 heterocycles. The molecule has 4 aliphatic rings. The Morgan fingerprint density at radius 2 is 1.58 bits per heavy atom. The van der Waals surface area contributed by atoms with E-state index < -0.39 is 0 Å². The molecule has 1 aromatic heterocycles. The molecule has 5 rings (SSSR count). The van der Waals surface area contributed by atoms with E-state index in [4.69, 9.17) is 18.6 Å². The van der Waals surface area contributed by atoms with E-state index in [1.165, 1.54) is 0 Å². The van der Waals surface area contributed by atoms with Crippen molar-refractivity contribution in [3.63, 3.8) is 0 Å². The lowest BCUT2D eigenvalue weighted by Gasteiger charge is -2.67. The van der Waals surface area contributed by atoms with Crippen LogP contribution in [0.25, 0.3) is 0 Å². The van der Waals surface area contributed by atoms with Gasteiger partial charge in [-0.25, -0.2) is 0 Å². The van der Waals surface area contributed by atoms with Crippen molar-refractivity contribution in [3.05, 3.63) is 27.1 Å². The minimum atomic E-state index is -0.296. The van der Waals surface area contributed by atoms with E-state index in [2.05, 4.69) is 34.6 Å². The molecule has 0 N–H and O–H groups in total. The zero-order chi connectivity index (χ0) is 19.0. The summed E-state index contributed by atoms with van der Waals surface area (Å²) in [5.41, 5.74) is 0.541. The normalized spacial score (nSPS) is 53.1. The van der Waals surface area contributed by atoms with Crippen LogP contribution in [0.2, 0.25) is 0 Å². The van der Waals surface area contributed by atoms with Crippen molar-refractivity contribution in [1.29, 1.82) is 0 Å². The maximum Gasteiger partial charge on any atom is 0.291 e. The van der Waals surface area contributed by atoms with Crippen molar-refractivity contribution < 1.29 is 18.6 Å². The van der Waals surface area contributed by atoms with Gasteiger partial charge in [0.05, 0.1) is 24.4 Å². The Bertz CT molecular complexity index is 904. The monoisotopic (exact) mass is 360 g/mol. The number of epoxide rings is 2. The first-order valence-electron chi connectivity index (χ1n) is 9.53. The molecule has 5 heteroatoms. The summed E-state index contributed by atoms with van der Waals surface area (Å²) in [6.07, 6.45) is 0.340. The third-order valence-electron chi connectivity index (χ3n) is 8.58. The van der Waals surface area contributed by atoms with Crippen molar-refractivity contribution in [2.45, 2.75) is 77.3 Å². The third kappa shape index (κ3) is 1.42. The number of ether oxygens (including phenoxy) is 3. The molecule has 8 atom stereocenters. The predicted molar refractivity (Wildman–Crippen MR) is 95.7 cm³/mol. The van der Waals surface area contributed by atoms with Crippen molar-refractivity contribution in [1.82, 2.24) is 0 Å². The Morgan fingerprint density at radius 3 is 2.19 bits per heavy atom. The number of rotatable bonds is 2. The van der Waals surface area contributed by atoms with Crippen LogP contribution in [0.4, 0.5) is 0 Å². The molecular weight excluding hydrogens is 332 g/mol. The van der Waals surface area contributed by atoms with Crippen LogP contribution in [0.1, 0.15) is 51.5 Å². The van der Waals surface area contributed by atoms with Crippen LogP contribution in [-0.2, 0) is 14.9 Å². The maximum absolute atomic E-state index is 12.8. The molecule has 0 radical (unpaired) electrons. The van der Waals surface area contributed by atoms with Gasteiger partial charge in [-0.2, -0.15) is 0 Å². The highest BCUT2D eigenvalue weighted by Gasteiger charge is 2.92. The second kappa shape index (κ2) is 4.22. The summed E-state index contributed by atoms with van der Waals surface area (Å²) in [5, 5.41) is 0. The molecule has 1 aromatic rings. The van der Waals surface area contributed by atoms with Crippen molar-refractivity contribution in [2.75, 3.05) is 7.11 Å². The minimum absolute atomic E-state index is 0.00636. The van der Waals surface area contributed by atoms with Crippen molar-refractivity contribution >= 4 is 0 Å². The van der Waals surface area contributed by atoms with Gasteiger partial charge in [0.2, 0.25) is 0 Å². The Kier molecular flexibility index (Phi) is 2.73. The first kappa shape index (κ1) is 16.8. The van der Waals surface area contributed by atoms with Gasteiger partial charge >= 0.3 is 0 Å². The van der Waals surface area contributed by atoms with Gasteiger partial charge in [-0.1, -0.05) is 20.8 Å². The van der Waals surface area contributed by atoms with Crippen LogP contribution in [-0.4, -0.2) is 30.5 Å². The molecule has 5 nitrogen and oxygen atoms in total. The van der Waals surface area contributed by atoms with Crippen molar-refractivity contribution in [3.8, 4) is 5.95 Å². The topological polar surface area (TPSA) is 64.5 Å². The summed E-state index contributed by atoms with van der Waals surface area (Å²) < 4.78 is 24.0. The highest BCUT2D eigenvalue weighted by molar-refractivity contribution is 5.46. The van der Waals surface area contributed by atoms with Crippen LogP contribution < -0.4 is 10.2 Å². The smallest absolute Gasteiger partial charge is 0.291 e. The lowest BCUT2D eigenvalue weighted by molar-refractivity contribution is -0.177. The SMILES string of the molecule is COc1oc(C2(C)C(C)C3(C)C4OC4(C)C4OC4(C)C23)c(C)c(=O)c1C. The molecule has 2 aliphatic carbocycles. The fraction of sp³-hybridized carbons (Fsp3) is 0.762. The van der Waals surface area contributed by atoms with Gasteiger partial charge in [0.25, 0.3) is 5.95 Å². The van der Waals surface area contributed by atoms with Gasteiger partial charge in [-0.15, -0.1) is 0 Å². The van der Waals surface area contributed by atoms with Gasteiger partial charge in [0, 0.05) is 22.3 Å². The van der Waals surface area contributed by atoms with Crippen LogP contribution in [0.5, 0.6) is 5.95 Å². The summed E-state index contributed by atoms with van der Waals surface area (Å²) in [7, 11) is 1.55. The molecule has 2 saturated heterocycles. The molecule has 2 aliphatic heterocycles. The quantitative estimate of drug-likeness (QED) is 0.758. The highest BCUT2D eigenvalue weighted by atomic mass is 16.7. The highest BCUT2D eigenvalue weighted by Crippen LogP contribution is 2.82. The van der Waals surface area contributed by atoms with Gasteiger partial charge in [-0.05, 0) is 33.6 Å². The molecule has 4 fully saturated rings. The van der Waals surface area contributed by atoms with E-state index in [0.717, 1.165) is 5.76 Å². The van der Waals surface area contributed by atoms with Gasteiger partial charge in [0.1, 0.15) is 17.5 Å². The zero-order valence-electron chi connectivity index (χ0n) is 16.9. The summed E-state index contributed by atoms with van der Waals surface area (Å²) in [4.78, 5) is 12.8. The van der Waals surface area contributed by atoms with E-state index >= 15 is 0 Å². The Labute approximate surface area is 154 Å². The Hall–Kier alpha value is -1.33. The Balaban J connectivity index is 1.70. The summed E-state index contributed by atoms with van der Waals surface area (Å²) in [6.45, 7) is 14.8. The van der Waals surface area contributed by atoms with Gasteiger partial charge in [-0.3, -0.25) is 4.79 Å². The molecule has 2 saturated carbocycles. The molecule has 142 valence electrons. The van der Waals surface area contributed by atoms with Crippen LogP contribution in [0, 0.1) is 31.1 Å². The number of hydrogen-bond donors (Lipinski definition) is 0. The summed E-state index contributed by atoms with van der Waals surface area (Å²) in [5.74, 6) is 1.60. The van der Waals surface area contributed by atoms with Gasteiger partial charge in [0.15, 0.2) is 5.43 Å². The standard InChI is InChI=1S/C21H28O5/c1-9-12(22)10(2)14(23-8)24-13(9)18(4)11(3)19(5)15(18)20(6)17(26-20)21(7)16(19)25-21/h11,15-17H,1-8H3.